The number of rotatable bonds is 3. The molecule has 1 atom stereocenters. The van der Waals surface area contributed by atoms with Crippen LogP contribution >= 0.6 is 27.7 Å². The van der Waals surface area contributed by atoms with Crippen molar-refractivity contribution >= 4 is 27.7 Å². The van der Waals surface area contributed by atoms with Crippen molar-refractivity contribution in [1.82, 2.24) is 0 Å². The van der Waals surface area contributed by atoms with Gasteiger partial charge in [0.25, 0.3) is 0 Å². The van der Waals surface area contributed by atoms with Gasteiger partial charge in [-0.05, 0) is 43.3 Å². The molecule has 0 aliphatic carbocycles. The summed E-state index contributed by atoms with van der Waals surface area (Å²) in [5, 5.41) is 0. The fourth-order valence-electron chi connectivity index (χ4n) is 1.68. The van der Waals surface area contributed by atoms with Crippen LogP contribution in [0, 0.1) is 5.82 Å². The molecule has 0 aliphatic heterocycles. The third-order valence-corrected chi connectivity index (χ3v) is 4.12. The van der Waals surface area contributed by atoms with Crippen LogP contribution in [-0.4, -0.2) is 0 Å². The molecule has 2 rings (SSSR count). The average Bonchev–Trinajstić information content (AvgIpc) is 2.32. The van der Waals surface area contributed by atoms with Crippen molar-refractivity contribution in [1.29, 1.82) is 0 Å². The van der Waals surface area contributed by atoms with Crippen LogP contribution in [0.15, 0.2) is 56.7 Å². The predicted octanol–water partition coefficient (Wildman–Crippen LogP) is 4.76. The summed E-state index contributed by atoms with van der Waals surface area (Å²) in [4.78, 5) is 1.93. The molecule has 0 radical (unpaired) electrons. The summed E-state index contributed by atoms with van der Waals surface area (Å²) < 4.78 is 14.8. The summed E-state index contributed by atoms with van der Waals surface area (Å²) in [6, 6.07) is 12.7. The Morgan fingerprint density at radius 2 is 1.83 bits per heavy atom. The first kappa shape index (κ1) is 13.6. The van der Waals surface area contributed by atoms with Gasteiger partial charge in [0, 0.05) is 25.9 Å². The van der Waals surface area contributed by atoms with Gasteiger partial charge in [-0.25, -0.2) is 4.39 Å². The lowest BCUT2D eigenvalue weighted by Gasteiger charge is -2.13. The molecule has 0 saturated heterocycles. The van der Waals surface area contributed by atoms with Gasteiger partial charge in [0.2, 0.25) is 0 Å². The smallest absolute Gasteiger partial charge is 0.129 e. The third-order valence-electron chi connectivity index (χ3n) is 2.51. The average molecular weight is 326 g/mol. The van der Waals surface area contributed by atoms with Gasteiger partial charge >= 0.3 is 0 Å². The van der Waals surface area contributed by atoms with E-state index in [4.69, 9.17) is 5.73 Å². The van der Waals surface area contributed by atoms with Crippen molar-refractivity contribution in [3.63, 3.8) is 0 Å². The van der Waals surface area contributed by atoms with E-state index in [1.54, 1.807) is 13.0 Å². The molecule has 0 fully saturated rings. The van der Waals surface area contributed by atoms with Gasteiger partial charge in [0.1, 0.15) is 5.82 Å². The standard InChI is InChI=1S/C14H13BrFNS/c1-9(17)14-12(16)3-2-4-13(14)18-11-7-5-10(15)6-8-11/h2-9H,17H2,1H3/t9-/m0/s1. The predicted molar refractivity (Wildman–Crippen MR) is 77.3 cm³/mol. The van der Waals surface area contributed by atoms with Gasteiger partial charge in [0.05, 0.1) is 0 Å². The maximum Gasteiger partial charge on any atom is 0.129 e. The second-order valence-corrected chi connectivity index (χ2v) is 6.03. The minimum atomic E-state index is -0.316. The lowest BCUT2D eigenvalue weighted by molar-refractivity contribution is 0.585. The van der Waals surface area contributed by atoms with Crippen molar-refractivity contribution < 1.29 is 4.39 Å². The molecule has 0 aromatic heterocycles. The Kier molecular flexibility index (Phi) is 4.43. The Balaban J connectivity index is 2.34. The Bertz CT molecular complexity index is 540. The van der Waals surface area contributed by atoms with Crippen molar-refractivity contribution in [2.45, 2.75) is 22.8 Å². The fourth-order valence-corrected chi connectivity index (χ4v) is 3.01. The van der Waals surface area contributed by atoms with Gasteiger partial charge in [-0.15, -0.1) is 0 Å². The van der Waals surface area contributed by atoms with Crippen LogP contribution < -0.4 is 5.73 Å². The van der Waals surface area contributed by atoms with Gasteiger partial charge < -0.3 is 5.73 Å². The van der Waals surface area contributed by atoms with E-state index < -0.39 is 0 Å². The summed E-state index contributed by atoms with van der Waals surface area (Å²) in [5.74, 6) is -0.243. The number of nitrogens with two attached hydrogens (primary N) is 1. The number of hydrogen-bond acceptors (Lipinski definition) is 2. The van der Waals surface area contributed by atoms with Crippen LogP contribution in [0.4, 0.5) is 4.39 Å². The molecule has 1 nitrogen and oxygen atoms in total. The largest absolute Gasteiger partial charge is 0.324 e. The normalized spacial score (nSPS) is 12.4. The zero-order valence-electron chi connectivity index (χ0n) is 9.86. The van der Waals surface area contributed by atoms with E-state index >= 15 is 0 Å². The van der Waals surface area contributed by atoms with Crippen molar-refractivity contribution in [3.05, 3.63) is 58.3 Å². The SMILES string of the molecule is C[C@H](N)c1c(F)cccc1Sc1ccc(Br)cc1. The molecule has 0 saturated carbocycles. The van der Waals surface area contributed by atoms with E-state index in [2.05, 4.69) is 15.9 Å². The maximum atomic E-state index is 13.8. The summed E-state index contributed by atoms with van der Waals surface area (Å²) in [5.41, 5.74) is 6.41. The lowest BCUT2D eigenvalue weighted by Crippen LogP contribution is -2.08. The molecule has 0 unspecified atom stereocenters. The summed E-state index contributed by atoms with van der Waals surface area (Å²) in [7, 11) is 0. The molecule has 2 N–H and O–H groups in total. The molecule has 0 spiro atoms. The Labute approximate surface area is 119 Å². The van der Waals surface area contributed by atoms with Gasteiger partial charge in [-0.1, -0.05) is 33.8 Å². The Hall–Kier alpha value is -0.840. The fraction of sp³-hybridized carbons (Fsp3) is 0.143. The molecular formula is C14H13BrFNS. The van der Waals surface area contributed by atoms with Gasteiger partial charge in [-0.3, -0.25) is 0 Å². The highest BCUT2D eigenvalue weighted by Gasteiger charge is 2.13. The zero-order chi connectivity index (χ0) is 13.1. The van der Waals surface area contributed by atoms with Gasteiger partial charge in [0.15, 0.2) is 0 Å². The molecule has 2 aromatic rings. The van der Waals surface area contributed by atoms with Crippen LogP contribution in [0.5, 0.6) is 0 Å². The minimum Gasteiger partial charge on any atom is -0.324 e. The van der Waals surface area contributed by atoms with Crippen LogP contribution in [0.3, 0.4) is 0 Å². The monoisotopic (exact) mass is 325 g/mol. The second kappa shape index (κ2) is 5.87. The highest BCUT2D eigenvalue weighted by Crippen LogP contribution is 2.34. The molecule has 0 amide bonds. The first-order chi connectivity index (χ1) is 8.58. The van der Waals surface area contributed by atoms with E-state index in [-0.39, 0.29) is 11.9 Å². The quantitative estimate of drug-likeness (QED) is 0.880. The van der Waals surface area contributed by atoms with E-state index in [9.17, 15) is 4.39 Å². The number of benzene rings is 2. The highest BCUT2D eigenvalue weighted by molar-refractivity contribution is 9.10. The maximum absolute atomic E-state index is 13.8. The molecule has 0 bridgehead atoms. The third kappa shape index (κ3) is 3.13. The molecule has 94 valence electrons. The van der Waals surface area contributed by atoms with Crippen molar-refractivity contribution in [3.8, 4) is 0 Å². The van der Waals surface area contributed by atoms with Crippen LogP contribution in [-0.2, 0) is 0 Å². The molecule has 2 aromatic carbocycles. The second-order valence-electron chi connectivity index (χ2n) is 4.00. The zero-order valence-corrected chi connectivity index (χ0v) is 12.3. The minimum absolute atomic E-state index is 0.243. The molecular weight excluding hydrogens is 313 g/mol. The Morgan fingerprint density at radius 1 is 1.17 bits per heavy atom. The molecule has 4 heteroatoms. The molecule has 0 heterocycles. The first-order valence-electron chi connectivity index (χ1n) is 5.55. The summed E-state index contributed by atoms with van der Waals surface area (Å²) in [6.45, 7) is 1.80. The summed E-state index contributed by atoms with van der Waals surface area (Å²) >= 11 is 4.92. The first-order valence-corrected chi connectivity index (χ1v) is 7.16. The van der Waals surface area contributed by atoms with Crippen molar-refractivity contribution in [2.24, 2.45) is 5.73 Å². The lowest BCUT2D eigenvalue weighted by atomic mass is 10.1. The molecule has 0 aliphatic rings. The van der Waals surface area contributed by atoms with Gasteiger partial charge in [-0.2, -0.15) is 0 Å². The van der Waals surface area contributed by atoms with Crippen LogP contribution in [0.1, 0.15) is 18.5 Å². The topological polar surface area (TPSA) is 26.0 Å². The van der Waals surface area contributed by atoms with Crippen molar-refractivity contribution in [2.75, 3.05) is 0 Å². The highest BCUT2D eigenvalue weighted by atomic mass is 79.9. The molecule has 18 heavy (non-hydrogen) atoms. The van der Waals surface area contributed by atoms with E-state index in [0.717, 1.165) is 14.3 Å². The van der Waals surface area contributed by atoms with E-state index in [1.807, 2.05) is 30.3 Å². The Morgan fingerprint density at radius 3 is 2.44 bits per heavy atom. The summed E-state index contributed by atoms with van der Waals surface area (Å²) in [6.07, 6.45) is 0. The van der Waals surface area contributed by atoms with E-state index in [0.29, 0.717) is 5.56 Å². The number of halogens is 2. The van der Waals surface area contributed by atoms with Crippen LogP contribution in [0.2, 0.25) is 0 Å². The van der Waals surface area contributed by atoms with Crippen LogP contribution in [0.25, 0.3) is 0 Å². The number of hydrogen-bond donors (Lipinski definition) is 1. The van der Waals surface area contributed by atoms with E-state index in [1.165, 1.54) is 17.8 Å².